The summed E-state index contributed by atoms with van der Waals surface area (Å²) in [4.78, 5) is 11.8. The number of aryl methyl sites for hydroxylation is 1. The second kappa shape index (κ2) is 8.96. The normalized spacial score (nSPS) is 10.3. The molecule has 0 saturated carbocycles. The summed E-state index contributed by atoms with van der Waals surface area (Å²) >= 11 is 0. The van der Waals surface area contributed by atoms with E-state index in [4.69, 9.17) is 4.74 Å². The van der Waals surface area contributed by atoms with Crippen molar-refractivity contribution >= 4 is 5.91 Å². The number of benzene rings is 2. The highest BCUT2D eigenvalue weighted by Gasteiger charge is 2.01. The van der Waals surface area contributed by atoms with Gasteiger partial charge in [0, 0.05) is 13.1 Å². The van der Waals surface area contributed by atoms with E-state index in [2.05, 4.69) is 41.8 Å². The van der Waals surface area contributed by atoms with Gasteiger partial charge in [-0.25, -0.2) is 0 Å². The summed E-state index contributed by atoms with van der Waals surface area (Å²) in [7, 11) is 1.65. The van der Waals surface area contributed by atoms with Gasteiger partial charge in [-0.15, -0.1) is 0 Å². The molecule has 0 aliphatic carbocycles. The van der Waals surface area contributed by atoms with Crippen LogP contribution in [0, 0.1) is 6.92 Å². The minimum atomic E-state index is 0.0139. The lowest BCUT2D eigenvalue weighted by molar-refractivity contribution is -0.120. The molecular formula is C19H24N2O2. The van der Waals surface area contributed by atoms with Crippen LogP contribution in [0.25, 0.3) is 0 Å². The molecule has 0 radical (unpaired) electrons. The predicted octanol–water partition coefficient (Wildman–Crippen LogP) is 2.45. The van der Waals surface area contributed by atoms with Crippen LogP contribution in [0.15, 0.2) is 48.5 Å². The highest BCUT2D eigenvalue weighted by atomic mass is 16.5. The van der Waals surface area contributed by atoms with E-state index < -0.39 is 0 Å². The largest absolute Gasteiger partial charge is 0.497 e. The first-order chi connectivity index (χ1) is 11.2. The van der Waals surface area contributed by atoms with Crippen LogP contribution < -0.4 is 15.4 Å². The van der Waals surface area contributed by atoms with Gasteiger partial charge in [0.25, 0.3) is 0 Å². The molecule has 2 aromatic carbocycles. The molecule has 4 nitrogen and oxygen atoms in total. The monoisotopic (exact) mass is 312 g/mol. The summed E-state index contributed by atoms with van der Waals surface area (Å²) in [6.07, 6.45) is 0.793. The molecule has 0 aromatic heterocycles. The molecule has 0 atom stereocenters. The summed E-state index contributed by atoms with van der Waals surface area (Å²) < 4.78 is 5.19. The van der Waals surface area contributed by atoms with E-state index in [-0.39, 0.29) is 5.91 Å². The SMILES string of the molecule is COc1cccc(CCNC(=O)CNCc2ccc(C)cc2)c1. The van der Waals surface area contributed by atoms with Gasteiger partial charge < -0.3 is 15.4 Å². The Kier molecular flexibility index (Phi) is 6.63. The standard InChI is InChI=1S/C19H24N2O2/c1-15-6-8-17(9-7-15)13-20-14-19(22)21-11-10-16-4-3-5-18(12-16)23-2/h3-9,12,20H,10-11,13-14H2,1-2H3,(H,21,22). The van der Waals surface area contributed by atoms with Crippen molar-refractivity contribution in [3.63, 3.8) is 0 Å². The summed E-state index contributed by atoms with van der Waals surface area (Å²) in [5.41, 5.74) is 3.57. The van der Waals surface area contributed by atoms with Gasteiger partial charge in [0.2, 0.25) is 5.91 Å². The van der Waals surface area contributed by atoms with Crippen molar-refractivity contribution in [2.75, 3.05) is 20.2 Å². The lowest BCUT2D eigenvalue weighted by Crippen LogP contribution is -2.34. The van der Waals surface area contributed by atoms with Crippen molar-refractivity contribution in [2.45, 2.75) is 19.9 Å². The quantitative estimate of drug-likeness (QED) is 0.787. The molecule has 2 rings (SSSR count). The predicted molar refractivity (Wildman–Crippen MR) is 92.6 cm³/mol. The Bertz CT molecular complexity index is 624. The van der Waals surface area contributed by atoms with Crippen molar-refractivity contribution < 1.29 is 9.53 Å². The molecule has 23 heavy (non-hydrogen) atoms. The number of methoxy groups -OCH3 is 1. The van der Waals surface area contributed by atoms with Gasteiger partial charge in [-0.05, 0) is 36.6 Å². The minimum absolute atomic E-state index is 0.0139. The number of carbonyl (C=O) groups excluding carboxylic acids is 1. The lowest BCUT2D eigenvalue weighted by atomic mass is 10.1. The topological polar surface area (TPSA) is 50.4 Å². The fourth-order valence-corrected chi connectivity index (χ4v) is 2.26. The number of rotatable bonds is 8. The summed E-state index contributed by atoms with van der Waals surface area (Å²) in [6, 6.07) is 16.2. The smallest absolute Gasteiger partial charge is 0.233 e. The second-order valence-electron chi connectivity index (χ2n) is 5.54. The molecule has 0 unspecified atom stereocenters. The third-order valence-electron chi connectivity index (χ3n) is 3.61. The van der Waals surface area contributed by atoms with E-state index in [1.165, 1.54) is 11.1 Å². The summed E-state index contributed by atoms with van der Waals surface area (Å²) in [6.45, 7) is 3.71. The molecule has 0 aliphatic rings. The van der Waals surface area contributed by atoms with E-state index in [0.717, 1.165) is 17.7 Å². The number of amides is 1. The number of nitrogens with one attached hydrogen (secondary N) is 2. The number of carbonyl (C=O) groups is 1. The van der Waals surface area contributed by atoms with E-state index in [1.54, 1.807) is 7.11 Å². The van der Waals surface area contributed by atoms with Crippen molar-refractivity contribution in [3.05, 3.63) is 65.2 Å². The Morgan fingerprint density at radius 1 is 1.09 bits per heavy atom. The van der Waals surface area contributed by atoms with Crippen LogP contribution in [0.3, 0.4) is 0 Å². The molecule has 0 saturated heterocycles. The van der Waals surface area contributed by atoms with Crippen LogP contribution in [-0.4, -0.2) is 26.1 Å². The highest BCUT2D eigenvalue weighted by molar-refractivity contribution is 5.77. The maximum Gasteiger partial charge on any atom is 0.233 e. The van der Waals surface area contributed by atoms with Gasteiger partial charge in [-0.1, -0.05) is 42.0 Å². The number of hydrogen-bond acceptors (Lipinski definition) is 3. The van der Waals surface area contributed by atoms with E-state index >= 15 is 0 Å². The van der Waals surface area contributed by atoms with Gasteiger partial charge in [0.05, 0.1) is 13.7 Å². The molecule has 122 valence electrons. The zero-order valence-corrected chi connectivity index (χ0v) is 13.8. The molecule has 0 spiro atoms. The third-order valence-corrected chi connectivity index (χ3v) is 3.61. The summed E-state index contributed by atoms with van der Waals surface area (Å²) in [5, 5.41) is 6.08. The maximum absolute atomic E-state index is 11.8. The molecule has 1 amide bonds. The average Bonchev–Trinajstić information content (AvgIpc) is 2.57. The van der Waals surface area contributed by atoms with Gasteiger partial charge >= 0.3 is 0 Å². The molecule has 0 bridgehead atoms. The van der Waals surface area contributed by atoms with Gasteiger partial charge in [0.15, 0.2) is 0 Å². The lowest BCUT2D eigenvalue weighted by Gasteiger charge is -2.08. The molecule has 0 fully saturated rings. The van der Waals surface area contributed by atoms with Gasteiger partial charge in [-0.3, -0.25) is 4.79 Å². The Morgan fingerprint density at radius 2 is 1.87 bits per heavy atom. The molecular weight excluding hydrogens is 288 g/mol. The molecule has 2 N–H and O–H groups in total. The van der Waals surface area contributed by atoms with Crippen molar-refractivity contribution in [2.24, 2.45) is 0 Å². The summed E-state index contributed by atoms with van der Waals surface area (Å²) in [5.74, 6) is 0.855. The van der Waals surface area contributed by atoms with Crippen molar-refractivity contribution in [3.8, 4) is 5.75 Å². The van der Waals surface area contributed by atoms with Crippen LogP contribution in [0.5, 0.6) is 5.75 Å². The Balaban J connectivity index is 1.64. The van der Waals surface area contributed by atoms with Gasteiger partial charge in [0.1, 0.15) is 5.75 Å². The molecule has 4 heteroatoms. The number of ether oxygens (including phenoxy) is 1. The van der Waals surface area contributed by atoms with Crippen LogP contribution in [-0.2, 0) is 17.8 Å². The van der Waals surface area contributed by atoms with E-state index in [9.17, 15) is 4.79 Å². The Labute approximate surface area is 137 Å². The maximum atomic E-state index is 11.8. The first kappa shape index (κ1) is 17.0. The zero-order chi connectivity index (χ0) is 16.5. The zero-order valence-electron chi connectivity index (χ0n) is 13.8. The highest BCUT2D eigenvalue weighted by Crippen LogP contribution is 2.12. The van der Waals surface area contributed by atoms with Crippen molar-refractivity contribution in [1.82, 2.24) is 10.6 Å². The first-order valence-electron chi connectivity index (χ1n) is 7.83. The Hall–Kier alpha value is -2.33. The van der Waals surface area contributed by atoms with Crippen LogP contribution in [0.1, 0.15) is 16.7 Å². The van der Waals surface area contributed by atoms with Crippen LogP contribution in [0.2, 0.25) is 0 Å². The van der Waals surface area contributed by atoms with E-state index in [0.29, 0.717) is 19.6 Å². The van der Waals surface area contributed by atoms with Crippen LogP contribution >= 0.6 is 0 Å². The van der Waals surface area contributed by atoms with Gasteiger partial charge in [-0.2, -0.15) is 0 Å². The minimum Gasteiger partial charge on any atom is -0.497 e. The second-order valence-corrected chi connectivity index (χ2v) is 5.54. The van der Waals surface area contributed by atoms with Crippen LogP contribution in [0.4, 0.5) is 0 Å². The number of hydrogen-bond donors (Lipinski definition) is 2. The fourth-order valence-electron chi connectivity index (χ4n) is 2.26. The fraction of sp³-hybridized carbons (Fsp3) is 0.316. The van der Waals surface area contributed by atoms with E-state index in [1.807, 2.05) is 24.3 Å². The molecule has 0 aliphatic heterocycles. The van der Waals surface area contributed by atoms with Crippen molar-refractivity contribution in [1.29, 1.82) is 0 Å². The Morgan fingerprint density at radius 3 is 2.61 bits per heavy atom. The average molecular weight is 312 g/mol. The molecule has 2 aromatic rings. The first-order valence-corrected chi connectivity index (χ1v) is 7.83. The third kappa shape index (κ3) is 6.12. The molecule has 0 heterocycles.